The molecule has 0 heterocycles. The van der Waals surface area contributed by atoms with Crippen LogP contribution in [0, 0.1) is 5.92 Å². The third-order valence-electron chi connectivity index (χ3n) is 9.76. The highest BCUT2D eigenvalue weighted by Gasteiger charge is 2.22. The average Bonchev–Trinajstić information content (AvgIpc) is 3.14. The predicted octanol–water partition coefficient (Wildman–Crippen LogP) is 12.6. The summed E-state index contributed by atoms with van der Waals surface area (Å²) in [4.78, 5) is 40.5. The van der Waals surface area contributed by atoms with E-state index in [-0.39, 0.29) is 34.5 Å². The summed E-state index contributed by atoms with van der Waals surface area (Å²) >= 11 is 3.50. The second kappa shape index (κ2) is 39.3. The first-order valence-corrected chi connectivity index (χ1v) is 24.3. The van der Waals surface area contributed by atoms with E-state index in [1.54, 1.807) is 23.5 Å². The molecule has 0 rings (SSSR count). The molecule has 0 aliphatic heterocycles. The summed E-state index contributed by atoms with van der Waals surface area (Å²) in [6.07, 6.45) is 28.5. The summed E-state index contributed by atoms with van der Waals surface area (Å²) < 4.78 is 17.4. The van der Waals surface area contributed by atoms with Gasteiger partial charge in [-0.05, 0) is 103 Å². The lowest BCUT2D eigenvalue weighted by atomic mass is 9.94. The molecule has 0 aliphatic carbocycles. The summed E-state index contributed by atoms with van der Waals surface area (Å²) in [5, 5.41) is 0. The summed E-state index contributed by atoms with van der Waals surface area (Å²) in [6.45, 7) is 10.5. The van der Waals surface area contributed by atoms with Gasteiger partial charge in [0.15, 0.2) is 0 Å². The average molecular weight is 788 g/mol. The zero-order chi connectivity index (χ0) is 39.2. The van der Waals surface area contributed by atoms with Gasteiger partial charge in [0.1, 0.15) is 10.7 Å². The van der Waals surface area contributed by atoms with Crippen molar-refractivity contribution < 1.29 is 28.6 Å². The maximum Gasteiger partial charge on any atom is 0.329 e. The highest BCUT2D eigenvalue weighted by atomic mass is 32.2. The van der Waals surface area contributed by atoms with Crippen molar-refractivity contribution in [2.45, 2.75) is 212 Å². The van der Waals surface area contributed by atoms with Gasteiger partial charge >= 0.3 is 17.9 Å². The van der Waals surface area contributed by atoms with Crippen molar-refractivity contribution in [3.63, 3.8) is 0 Å². The molecule has 0 fully saturated rings. The topological polar surface area (TPSA) is 82.1 Å². The highest BCUT2D eigenvalue weighted by Crippen LogP contribution is 2.28. The zero-order valence-electron chi connectivity index (χ0n) is 35.6. The number of hydrogen-bond donors (Lipinski definition) is 0. The Bertz CT molecular complexity index is 833. The third kappa shape index (κ3) is 34.1. The number of esters is 3. The third-order valence-corrected chi connectivity index (χ3v) is 12.6. The molecule has 0 aromatic heterocycles. The molecule has 53 heavy (non-hydrogen) atoms. The summed E-state index contributed by atoms with van der Waals surface area (Å²) in [5.41, 5.74) is 0. The number of unbranched alkanes of at least 4 members (excludes halogenated alkanes) is 16. The van der Waals surface area contributed by atoms with Crippen LogP contribution in [0.4, 0.5) is 0 Å². The van der Waals surface area contributed by atoms with Crippen molar-refractivity contribution >= 4 is 41.4 Å². The molecule has 0 spiro atoms. The molecule has 0 saturated carbocycles. The molecule has 0 bridgehead atoms. The number of carbonyl (C=O) groups is 3. The molecule has 0 radical (unpaired) electrons. The van der Waals surface area contributed by atoms with Crippen LogP contribution in [0.1, 0.15) is 201 Å². The van der Waals surface area contributed by atoms with E-state index in [1.165, 1.54) is 77.0 Å². The van der Waals surface area contributed by atoms with Crippen molar-refractivity contribution in [3.05, 3.63) is 0 Å². The van der Waals surface area contributed by atoms with E-state index in [9.17, 15) is 14.4 Å². The number of nitrogens with zero attached hydrogens (tertiary/aromatic N) is 1. The number of thioether (sulfide) groups is 2. The Balaban J connectivity index is 4.69. The first-order valence-electron chi connectivity index (χ1n) is 22.2. The van der Waals surface area contributed by atoms with E-state index in [1.807, 2.05) is 19.0 Å². The zero-order valence-corrected chi connectivity index (χ0v) is 37.2. The maximum absolute atomic E-state index is 13.0. The molecule has 0 aromatic carbocycles. The number of ether oxygens (including phenoxy) is 3. The van der Waals surface area contributed by atoms with Gasteiger partial charge in [0.05, 0.1) is 25.6 Å². The first-order chi connectivity index (χ1) is 25.8. The smallest absolute Gasteiger partial charge is 0.329 e. The molecule has 9 heteroatoms. The fourth-order valence-corrected chi connectivity index (χ4v) is 8.83. The van der Waals surface area contributed by atoms with Crippen molar-refractivity contribution in [2.75, 3.05) is 45.4 Å². The van der Waals surface area contributed by atoms with Gasteiger partial charge in [-0.1, -0.05) is 118 Å². The van der Waals surface area contributed by atoms with E-state index >= 15 is 0 Å². The minimum absolute atomic E-state index is 0.000381. The van der Waals surface area contributed by atoms with Crippen LogP contribution >= 0.6 is 23.5 Å². The van der Waals surface area contributed by atoms with Crippen molar-refractivity contribution in [3.8, 4) is 0 Å². The lowest BCUT2D eigenvalue weighted by Crippen LogP contribution is -2.23. The van der Waals surface area contributed by atoms with E-state index in [2.05, 4.69) is 27.7 Å². The standard InChI is InChI=1S/C44H85NO6S2/c1-7-11-15-17-18-22-30-39(29-21-16-12-8-2)42(47)49-35-25-19-23-31-40(51-41(46)33-34-45(5)6)32-24-20-26-36-50-43(48)44(52-37-27-13-9-3)53-38-28-14-10-4/h39-40,44H,7-38H2,1-6H3. The Morgan fingerprint density at radius 3 is 1.43 bits per heavy atom. The Morgan fingerprint density at radius 2 is 0.925 bits per heavy atom. The molecule has 0 aromatic rings. The molecule has 0 N–H and O–H groups in total. The Labute approximate surface area is 336 Å². The van der Waals surface area contributed by atoms with Gasteiger partial charge in [0.25, 0.3) is 0 Å². The van der Waals surface area contributed by atoms with Crippen LogP contribution in [0.5, 0.6) is 0 Å². The van der Waals surface area contributed by atoms with Crippen LogP contribution in [0.15, 0.2) is 0 Å². The maximum atomic E-state index is 13.0. The minimum atomic E-state index is -0.138. The van der Waals surface area contributed by atoms with E-state index < -0.39 is 0 Å². The summed E-state index contributed by atoms with van der Waals surface area (Å²) in [5.74, 6) is 1.84. The fourth-order valence-electron chi connectivity index (χ4n) is 6.29. The quantitative estimate of drug-likeness (QED) is 0.0261. The van der Waals surface area contributed by atoms with E-state index in [4.69, 9.17) is 14.2 Å². The summed E-state index contributed by atoms with van der Waals surface area (Å²) in [7, 11) is 3.93. The predicted molar refractivity (Wildman–Crippen MR) is 230 cm³/mol. The summed E-state index contributed by atoms with van der Waals surface area (Å²) in [6, 6.07) is 0. The van der Waals surface area contributed by atoms with Crippen LogP contribution in [-0.2, 0) is 28.6 Å². The van der Waals surface area contributed by atoms with Crippen molar-refractivity contribution in [2.24, 2.45) is 5.92 Å². The molecule has 0 saturated heterocycles. The SMILES string of the molecule is CCCCCCCCC(CCCCCC)C(=O)OCCCCCC(CCCCCOC(=O)C(SCCCCC)SCCCCC)OC(=O)CCN(C)C. The van der Waals surface area contributed by atoms with E-state index in [0.29, 0.717) is 26.2 Å². The monoisotopic (exact) mass is 788 g/mol. The van der Waals surface area contributed by atoms with Crippen molar-refractivity contribution in [1.29, 1.82) is 0 Å². The van der Waals surface area contributed by atoms with Crippen LogP contribution < -0.4 is 0 Å². The van der Waals surface area contributed by atoms with Gasteiger partial charge in [-0.25, -0.2) is 4.79 Å². The Morgan fingerprint density at radius 1 is 0.509 bits per heavy atom. The first kappa shape index (κ1) is 52.1. The van der Waals surface area contributed by atoms with Crippen LogP contribution in [0.25, 0.3) is 0 Å². The van der Waals surface area contributed by atoms with Gasteiger partial charge in [0, 0.05) is 6.54 Å². The number of carbonyl (C=O) groups excluding carboxylic acids is 3. The molecule has 7 nitrogen and oxygen atoms in total. The van der Waals surface area contributed by atoms with Crippen LogP contribution in [-0.4, -0.2) is 78.9 Å². The van der Waals surface area contributed by atoms with Gasteiger partial charge in [0.2, 0.25) is 0 Å². The molecular formula is C44H85NO6S2. The van der Waals surface area contributed by atoms with Gasteiger partial charge < -0.3 is 19.1 Å². The van der Waals surface area contributed by atoms with Gasteiger partial charge in [-0.3, -0.25) is 9.59 Å². The lowest BCUT2D eigenvalue weighted by Gasteiger charge is -2.19. The van der Waals surface area contributed by atoms with Crippen LogP contribution in [0.3, 0.4) is 0 Å². The highest BCUT2D eigenvalue weighted by molar-refractivity contribution is 8.18. The van der Waals surface area contributed by atoms with Gasteiger partial charge in [-0.2, -0.15) is 0 Å². The Hall–Kier alpha value is -0.930. The van der Waals surface area contributed by atoms with Crippen LogP contribution in [0.2, 0.25) is 0 Å². The molecule has 0 aliphatic rings. The molecule has 2 unspecified atom stereocenters. The lowest BCUT2D eigenvalue weighted by molar-refractivity contribution is -0.151. The number of rotatable bonds is 40. The van der Waals surface area contributed by atoms with E-state index in [0.717, 1.165) is 101 Å². The molecular weight excluding hydrogens is 703 g/mol. The second-order valence-corrected chi connectivity index (χ2v) is 18.0. The largest absolute Gasteiger partial charge is 0.465 e. The molecule has 314 valence electrons. The Kier molecular flexibility index (Phi) is 38.6. The molecule has 0 amide bonds. The normalized spacial score (nSPS) is 12.7. The van der Waals surface area contributed by atoms with Gasteiger partial charge in [-0.15, -0.1) is 23.5 Å². The molecule has 2 atom stereocenters. The number of hydrogen-bond acceptors (Lipinski definition) is 9. The fraction of sp³-hybridized carbons (Fsp3) is 0.932. The minimum Gasteiger partial charge on any atom is -0.465 e. The second-order valence-electron chi connectivity index (χ2n) is 15.3. The van der Waals surface area contributed by atoms with Crippen molar-refractivity contribution in [1.82, 2.24) is 4.90 Å².